The number of nitriles is 1. The van der Waals surface area contributed by atoms with E-state index in [1.807, 2.05) is 30.3 Å². The molecule has 2 rings (SSSR count). The van der Waals surface area contributed by atoms with Crippen LogP contribution in [0.5, 0.6) is 11.5 Å². The number of hydrogen-bond acceptors (Lipinski definition) is 5. The van der Waals surface area contributed by atoms with Gasteiger partial charge in [0, 0.05) is 22.4 Å². The van der Waals surface area contributed by atoms with E-state index >= 15 is 0 Å². The molecule has 21 heavy (non-hydrogen) atoms. The Bertz CT molecular complexity index is 680. The van der Waals surface area contributed by atoms with Crippen molar-refractivity contribution in [2.45, 2.75) is 10.6 Å². The summed E-state index contributed by atoms with van der Waals surface area (Å²) in [5.74, 6) is 2.09. The molecule has 0 spiro atoms. The zero-order chi connectivity index (χ0) is 15.2. The second kappa shape index (κ2) is 6.91. The summed E-state index contributed by atoms with van der Waals surface area (Å²) >= 11 is 1.64. The molecule has 0 saturated carbocycles. The first-order valence-corrected chi connectivity index (χ1v) is 7.30. The SMILES string of the molecule is COc1ccc(CSc2ccc(N)cc2OC)cc1C#N. The van der Waals surface area contributed by atoms with Crippen LogP contribution in [0.4, 0.5) is 5.69 Å². The maximum atomic E-state index is 9.10. The van der Waals surface area contributed by atoms with Gasteiger partial charge in [0.05, 0.1) is 19.8 Å². The number of benzene rings is 2. The van der Waals surface area contributed by atoms with Crippen LogP contribution in [0.3, 0.4) is 0 Å². The molecule has 0 fully saturated rings. The average molecular weight is 300 g/mol. The zero-order valence-electron chi connectivity index (χ0n) is 11.9. The van der Waals surface area contributed by atoms with Gasteiger partial charge in [-0.05, 0) is 29.8 Å². The van der Waals surface area contributed by atoms with Gasteiger partial charge in [-0.3, -0.25) is 0 Å². The van der Waals surface area contributed by atoms with E-state index in [0.29, 0.717) is 17.0 Å². The number of hydrogen-bond donors (Lipinski definition) is 1. The monoisotopic (exact) mass is 300 g/mol. The van der Waals surface area contributed by atoms with Gasteiger partial charge in [-0.2, -0.15) is 5.26 Å². The summed E-state index contributed by atoms with van der Waals surface area (Å²) in [6.07, 6.45) is 0. The molecule has 108 valence electrons. The second-order valence-corrected chi connectivity index (χ2v) is 5.36. The maximum absolute atomic E-state index is 9.10. The third-order valence-corrected chi connectivity index (χ3v) is 4.09. The van der Waals surface area contributed by atoms with E-state index in [9.17, 15) is 0 Å². The standard InChI is InChI=1S/C16H16N2O2S/c1-19-14-5-3-11(7-12(14)9-17)10-21-16-6-4-13(18)8-15(16)20-2/h3-8H,10,18H2,1-2H3. The summed E-state index contributed by atoms with van der Waals surface area (Å²) in [6.45, 7) is 0. The number of thioether (sulfide) groups is 1. The summed E-state index contributed by atoms with van der Waals surface area (Å²) in [7, 11) is 3.18. The van der Waals surface area contributed by atoms with Crippen molar-refractivity contribution in [1.29, 1.82) is 5.26 Å². The predicted octanol–water partition coefficient (Wildman–Crippen LogP) is 3.45. The molecule has 0 saturated heterocycles. The van der Waals surface area contributed by atoms with Crippen LogP contribution in [0, 0.1) is 11.3 Å². The molecule has 2 aromatic rings. The molecule has 0 atom stereocenters. The Morgan fingerprint density at radius 2 is 1.86 bits per heavy atom. The van der Waals surface area contributed by atoms with E-state index in [2.05, 4.69) is 6.07 Å². The molecule has 0 aliphatic rings. The first kappa shape index (κ1) is 15.1. The zero-order valence-corrected chi connectivity index (χ0v) is 12.7. The van der Waals surface area contributed by atoms with Crippen molar-refractivity contribution >= 4 is 17.4 Å². The average Bonchev–Trinajstić information content (AvgIpc) is 2.53. The Hall–Kier alpha value is -2.32. The van der Waals surface area contributed by atoms with Crippen molar-refractivity contribution < 1.29 is 9.47 Å². The number of nitrogens with two attached hydrogens (primary N) is 1. The van der Waals surface area contributed by atoms with Crippen LogP contribution in [0.15, 0.2) is 41.3 Å². The van der Waals surface area contributed by atoms with Crippen LogP contribution in [-0.2, 0) is 5.75 Å². The molecule has 0 aliphatic carbocycles. The van der Waals surface area contributed by atoms with Crippen molar-refractivity contribution in [3.63, 3.8) is 0 Å². The summed E-state index contributed by atoms with van der Waals surface area (Å²) in [4.78, 5) is 1.01. The molecule has 5 heteroatoms. The highest BCUT2D eigenvalue weighted by molar-refractivity contribution is 7.98. The van der Waals surface area contributed by atoms with Crippen LogP contribution >= 0.6 is 11.8 Å². The fraction of sp³-hybridized carbons (Fsp3) is 0.188. The van der Waals surface area contributed by atoms with Crippen molar-refractivity contribution in [1.82, 2.24) is 0 Å². The summed E-state index contributed by atoms with van der Waals surface area (Å²) < 4.78 is 10.5. The lowest BCUT2D eigenvalue weighted by Gasteiger charge is -2.10. The highest BCUT2D eigenvalue weighted by Crippen LogP contribution is 2.33. The van der Waals surface area contributed by atoms with Crippen LogP contribution in [0.2, 0.25) is 0 Å². The largest absolute Gasteiger partial charge is 0.496 e. The highest BCUT2D eigenvalue weighted by Gasteiger charge is 2.07. The van der Waals surface area contributed by atoms with Crippen LogP contribution in [0.25, 0.3) is 0 Å². The molecule has 0 aliphatic heterocycles. The number of rotatable bonds is 5. The first-order chi connectivity index (χ1) is 10.2. The van der Waals surface area contributed by atoms with Crippen molar-refractivity contribution in [2.24, 2.45) is 0 Å². The topological polar surface area (TPSA) is 68.3 Å². The molecular formula is C16H16N2O2S. The van der Waals surface area contributed by atoms with Crippen LogP contribution in [-0.4, -0.2) is 14.2 Å². The number of methoxy groups -OCH3 is 2. The Kier molecular flexibility index (Phi) is 4.96. The summed E-state index contributed by atoms with van der Waals surface area (Å²) in [5.41, 5.74) is 8.01. The molecule has 2 N–H and O–H groups in total. The predicted molar refractivity (Wildman–Crippen MR) is 84.7 cm³/mol. The van der Waals surface area contributed by atoms with Gasteiger partial charge < -0.3 is 15.2 Å². The Morgan fingerprint density at radius 1 is 1.10 bits per heavy atom. The number of nitrogen functional groups attached to an aromatic ring is 1. The lowest BCUT2D eigenvalue weighted by molar-refractivity contribution is 0.405. The molecular weight excluding hydrogens is 284 g/mol. The van der Waals surface area contributed by atoms with Gasteiger partial charge in [-0.1, -0.05) is 6.07 Å². The first-order valence-electron chi connectivity index (χ1n) is 6.31. The molecule has 0 unspecified atom stereocenters. The smallest absolute Gasteiger partial charge is 0.136 e. The molecule has 0 aromatic heterocycles. The normalized spacial score (nSPS) is 9.95. The molecule has 0 bridgehead atoms. The van der Waals surface area contributed by atoms with E-state index in [4.69, 9.17) is 20.5 Å². The summed E-state index contributed by atoms with van der Waals surface area (Å²) in [6, 6.07) is 13.3. The van der Waals surface area contributed by atoms with E-state index in [1.54, 1.807) is 32.0 Å². The molecule has 0 radical (unpaired) electrons. The van der Waals surface area contributed by atoms with Crippen molar-refractivity contribution in [3.05, 3.63) is 47.5 Å². The lowest BCUT2D eigenvalue weighted by atomic mass is 10.1. The molecule has 0 amide bonds. The van der Waals surface area contributed by atoms with E-state index in [-0.39, 0.29) is 0 Å². The van der Waals surface area contributed by atoms with Gasteiger partial charge >= 0.3 is 0 Å². The van der Waals surface area contributed by atoms with E-state index in [0.717, 1.165) is 22.0 Å². The Morgan fingerprint density at radius 3 is 2.52 bits per heavy atom. The fourth-order valence-electron chi connectivity index (χ4n) is 1.90. The van der Waals surface area contributed by atoms with E-state index in [1.165, 1.54) is 0 Å². The minimum Gasteiger partial charge on any atom is -0.496 e. The minimum absolute atomic E-state index is 0.542. The number of anilines is 1. The van der Waals surface area contributed by atoms with Crippen molar-refractivity contribution in [3.8, 4) is 17.6 Å². The minimum atomic E-state index is 0.542. The van der Waals surface area contributed by atoms with Gasteiger partial charge in [0.2, 0.25) is 0 Å². The van der Waals surface area contributed by atoms with Crippen molar-refractivity contribution in [2.75, 3.05) is 20.0 Å². The fourth-order valence-corrected chi connectivity index (χ4v) is 2.85. The van der Waals surface area contributed by atoms with Crippen LogP contribution in [0.1, 0.15) is 11.1 Å². The lowest BCUT2D eigenvalue weighted by Crippen LogP contribution is -1.92. The second-order valence-electron chi connectivity index (χ2n) is 4.35. The van der Waals surface area contributed by atoms with Gasteiger partial charge in [0.1, 0.15) is 17.6 Å². The Balaban J connectivity index is 2.15. The third kappa shape index (κ3) is 3.61. The quantitative estimate of drug-likeness (QED) is 0.676. The van der Waals surface area contributed by atoms with Gasteiger partial charge in [-0.15, -0.1) is 11.8 Å². The molecule has 2 aromatic carbocycles. The number of nitrogens with zero attached hydrogens (tertiary/aromatic N) is 1. The van der Waals surface area contributed by atoms with Gasteiger partial charge in [-0.25, -0.2) is 0 Å². The highest BCUT2D eigenvalue weighted by atomic mass is 32.2. The maximum Gasteiger partial charge on any atom is 0.136 e. The number of ether oxygens (including phenoxy) is 2. The summed E-state index contributed by atoms with van der Waals surface area (Å²) in [5, 5.41) is 9.10. The van der Waals surface area contributed by atoms with E-state index < -0.39 is 0 Å². The van der Waals surface area contributed by atoms with Gasteiger partial charge in [0.15, 0.2) is 0 Å². The molecule has 0 heterocycles. The Labute approximate surface area is 128 Å². The third-order valence-electron chi connectivity index (χ3n) is 2.97. The van der Waals surface area contributed by atoms with Gasteiger partial charge in [0.25, 0.3) is 0 Å². The molecule has 4 nitrogen and oxygen atoms in total. The van der Waals surface area contributed by atoms with Crippen LogP contribution < -0.4 is 15.2 Å².